The Morgan fingerprint density at radius 1 is 1.41 bits per heavy atom. The van der Waals surface area contributed by atoms with Gasteiger partial charge in [0.05, 0.1) is 12.1 Å². The van der Waals surface area contributed by atoms with Crippen LogP contribution in [0, 0.1) is 0 Å². The lowest BCUT2D eigenvalue weighted by Crippen LogP contribution is -2.42. The molecule has 0 aliphatic carbocycles. The maximum Gasteiger partial charge on any atom is 0.251 e. The highest BCUT2D eigenvalue weighted by Crippen LogP contribution is 2.27. The van der Waals surface area contributed by atoms with Crippen LogP contribution in [0.2, 0.25) is 0 Å². The zero-order valence-electron chi connectivity index (χ0n) is 12.2. The standard InChI is InChI=1S/C16H19N3O2S/c20-15(17-11-16(21)6-9-22-12-16)14-4-2-13(3-5-14)10-19-8-1-7-18-19/h1-5,7-8,21H,6,9-12H2,(H,17,20). The minimum Gasteiger partial charge on any atom is -0.387 e. The first kappa shape index (κ1) is 15.1. The second kappa shape index (κ2) is 6.54. The van der Waals surface area contributed by atoms with Gasteiger partial charge in [0.1, 0.15) is 0 Å². The van der Waals surface area contributed by atoms with Gasteiger partial charge >= 0.3 is 0 Å². The van der Waals surface area contributed by atoms with E-state index in [0.29, 0.717) is 24.4 Å². The average molecular weight is 317 g/mol. The molecule has 1 aliphatic heterocycles. The predicted molar refractivity (Wildman–Crippen MR) is 87.0 cm³/mol. The number of benzene rings is 1. The number of carbonyl (C=O) groups is 1. The number of hydrogen-bond donors (Lipinski definition) is 2. The summed E-state index contributed by atoms with van der Waals surface area (Å²) in [5, 5.41) is 17.2. The number of carbonyl (C=O) groups excluding carboxylic acids is 1. The van der Waals surface area contributed by atoms with Gasteiger partial charge in [-0.2, -0.15) is 16.9 Å². The van der Waals surface area contributed by atoms with Gasteiger partial charge in [0, 0.05) is 30.3 Å². The number of aliphatic hydroxyl groups is 1. The lowest BCUT2D eigenvalue weighted by atomic mass is 10.0. The van der Waals surface area contributed by atoms with Gasteiger partial charge in [0.25, 0.3) is 5.91 Å². The molecule has 1 amide bonds. The molecule has 3 rings (SSSR count). The van der Waals surface area contributed by atoms with Crippen molar-refractivity contribution in [2.24, 2.45) is 0 Å². The third kappa shape index (κ3) is 3.69. The lowest BCUT2D eigenvalue weighted by Gasteiger charge is -2.21. The first-order chi connectivity index (χ1) is 10.6. The maximum absolute atomic E-state index is 12.1. The van der Waals surface area contributed by atoms with Crippen LogP contribution in [-0.4, -0.2) is 44.4 Å². The molecule has 2 aromatic rings. The molecular weight excluding hydrogens is 298 g/mol. The monoisotopic (exact) mass is 317 g/mol. The third-order valence-electron chi connectivity index (χ3n) is 3.78. The largest absolute Gasteiger partial charge is 0.387 e. The number of amides is 1. The maximum atomic E-state index is 12.1. The van der Waals surface area contributed by atoms with Crippen LogP contribution in [0.25, 0.3) is 0 Å². The van der Waals surface area contributed by atoms with Crippen LogP contribution in [-0.2, 0) is 6.54 Å². The zero-order valence-corrected chi connectivity index (χ0v) is 13.1. The molecule has 116 valence electrons. The molecule has 1 aromatic heterocycles. The van der Waals surface area contributed by atoms with E-state index in [1.807, 2.05) is 41.2 Å². The minimum atomic E-state index is -0.750. The molecule has 0 saturated carbocycles. The van der Waals surface area contributed by atoms with E-state index >= 15 is 0 Å². The molecule has 0 radical (unpaired) electrons. The van der Waals surface area contributed by atoms with Crippen LogP contribution in [0.3, 0.4) is 0 Å². The summed E-state index contributed by atoms with van der Waals surface area (Å²) in [6, 6.07) is 9.35. The molecule has 1 atom stereocenters. The van der Waals surface area contributed by atoms with Gasteiger partial charge in [-0.15, -0.1) is 0 Å². The third-order valence-corrected chi connectivity index (χ3v) is 5.01. The van der Waals surface area contributed by atoms with Gasteiger partial charge in [-0.05, 0) is 35.9 Å². The summed E-state index contributed by atoms with van der Waals surface area (Å²) in [4.78, 5) is 12.1. The first-order valence-corrected chi connectivity index (χ1v) is 8.45. The molecule has 2 heterocycles. The highest BCUT2D eigenvalue weighted by Gasteiger charge is 2.31. The Kier molecular flexibility index (Phi) is 4.49. The van der Waals surface area contributed by atoms with Crippen molar-refractivity contribution in [2.75, 3.05) is 18.1 Å². The van der Waals surface area contributed by atoms with Crippen molar-refractivity contribution in [3.8, 4) is 0 Å². The molecule has 6 heteroatoms. The van der Waals surface area contributed by atoms with Crippen molar-refractivity contribution in [3.05, 3.63) is 53.9 Å². The van der Waals surface area contributed by atoms with Crippen molar-refractivity contribution in [3.63, 3.8) is 0 Å². The normalized spacial score (nSPS) is 21.0. The number of rotatable bonds is 5. The fraction of sp³-hybridized carbons (Fsp3) is 0.375. The van der Waals surface area contributed by atoms with Crippen LogP contribution < -0.4 is 5.32 Å². The van der Waals surface area contributed by atoms with Crippen LogP contribution >= 0.6 is 11.8 Å². The smallest absolute Gasteiger partial charge is 0.251 e. The van der Waals surface area contributed by atoms with E-state index < -0.39 is 5.60 Å². The fourth-order valence-electron chi connectivity index (χ4n) is 2.43. The molecule has 0 bridgehead atoms. The highest BCUT2D eigenvalue weighted by atomic mass is 32.2. The molecular formula is C16H19N3O2S. The number of thioether (sulfide) groups is 1. The van der Waals surface area contributed by atoms with Crippen molar-refractivity contribution >= 4 is 17.7 Å². The Bertz CT molecular complexity index is 619. The van der Waals surface area contributed by atoms with Gasteiger partial charge in [0.2, 0.25) is 0 Å². The highest BCUT2D eigenvalue weighted by molar-refractivity contribution is 7.99. The Morgan fingerprint density at radius 2 is 2.23 bits per heavy atom. The van der Waals surface area contributed by atoms with Gasteiger partial charge in [-0.25, -0.2) is 0 Å². The molecule has 22 heavy (non-hydrogen) atoms. The summed E-state index contributed by atoms with van der Waals surface area (Å²) in [5.41, 5.74) is 0.949. The number of aromatic nitrogens is 2. The van der Waals surface area contributed by atoms with Gasteiger partial charge in [-0.3, -0.25) is 9.48 Å². The van der Waals surface area contributed by atoms with Crippen LogP contribution in [0.5, 0.6) is 0 Å². The van der Waals surface area contributed by atoms with Crippen LogP contribution in [0.4, 0.5) is 0 Å². The molecule has 5 nitrogen and oxygen atoms in total. The average Bonchev–Trinajstić information content (AvgIpc) is 3.18. The Labute approximate surface area is 133 Å². The Morgan fingerprint density at radius 3 is 2.86 bits per heavy atom. The van der Waals surface area contributed by atoms with Crippen molar-refractivity contribution in [1.82, 2.24) is 15.1 Å². The topological polar surface area (TPSA) is 67.2 Å². The zero-order chi connectivity index (χ0) is 15.4. The van der Waals surface area contributed by atoms with E-state index in [1.54, 1.807) is 18.0 Å². The molecule has 1 unspecified atom stereocenters. The molecule has 0 spiro atoms. The lowest BCUT2D eigenvalue weighted by molar-refractivity contribution is 0.0612. The molecule has 1 aliphatic rings. The quantitative estimate of drug-likeness (QED) is 0.877. The van der Waals surface area contributed by atoms with E-state index in [0.717, 1.165) is 17.7 Å². The van der Waals surface area contributed by atoms with E-state index in [4.69, 9.17) is 0 Å². The van der Waals surface area contributed by atoms with E-state index in [1.165, 1.54) is 0 Å². The fourth-order valence-corrected chi connectivity index (χ4v) is 3.72. The van der Waals surface area contributed by atoms with Crippen molar-refractivity contribution < 1.29 is 9.90 Å². The summed E-state index contributed by atoms with van der Waals surface area (Å²) in [5.74, 6) is 1.50. The van der Waals surface area contributed by atoms with Crippen molar-refractivity contribution in [1.29, 1.82) is 0 Å². The summed E-state index contributed by atoms with van der Waals surface area (Å²) in [6.07, 6.45) is 4.38. The summed E-state index contributed by atoms with van der Waals surface area (Å²) in [6.45, 7) is 1.000. The van der Waals surface area contributed by atoms with E-state index in [9.17, 15) is 9.90 Å². The van der Waals surface area contributed by atoms with Gasteiger partial charge < -0.3 is 10.4 Å². The van der Waals surface area contributed by atoms with Gasteiger partial charge in [-0.1, -0.05) is 12.1 Å². The molecule has 1 saturated heterocycles. The molecule has 2 N–H and O–H groups in total. The van der Waals surface area contributed by atoms with E-state index in [2.05, 4.69) is 10.4 Å². The number of nitrogens with zero attached hydrogens (tertiary/aromatic N) is 2. The predicted octanol–water partition coefficient (Wildman–Crippen LogP) is 1.53. The SMILES string of the molecule is O=C(NCC1(O)CCSC1)c1ccc(Cn2cccn2)cc1. The number of hydrogen-bond acceptors (Lipinski definition) is 4. The number of nitrogens with one attached hydrogen (secondary N) is 1. The van der Waals surface area contributed by atoms with Crippen molar-refractivity contribution in [2.45, 2.75) is 18.6 Å². The summed E-state index contributed by atoms with van der Waals surface area (Å²) in [7, 11) is 0. The summed E-state index contributed by atoms with van der Waals surface area (Å²) >= 11 is 1.72. The van der Waals surface area contributed by atoms with Crippen LogP contribution in [0.15, 0.2) is 42.7 Å². The Balaban J connectivity index is 1.56. The molecule has 1 aromatic carbocycles. The minimum absolute atomic E-state index is 0.143. The molecule has 1 fully saturated rings. The second-order valence-corrected chi connectivity index (χ2v) is 6.72. The first-order valence-electron chi connectivity index (χ1n) is 7.29. The van der Waals surface area contributed by atoms with Gasteiger partial charge in [0.15, 0.2) is 0 Å². The summed E-state index contributed by atoms with van der Waals surface area (Å²) < 4.78 is 1.84. The van der Waals surface area contributed by atoms with E-state index in [-0.39, 0.29) is 5.91 Å². The Hall–Kier alpha value is -1.79. The van der Waals surface area contributed by atoms with Crippen LogP contribution in [0.1, 0.15) is 22.3 Å². The second-order valence-electron chi connectivity index (χ2n) is 5.61.